The van der Waals surface area contributed by atoms with Crippen molar-refractivity contribution in [3.05, 3.63) is 95.0 Å². The van der Waals surface area contributed by atoms with Crippen molar-refractivity contribution in [2.24, 2.45) is 0 Å². The summed E-state index contributed by atoms with van der Waals surface area (Å²) >= 11 is 5.98. The van der Waals surface area contributed by atoms with Crippen molar-refractivity contribution >= 4 is 21.6 Å². The molecule has 0 spiro atoms. The SMILES string of the molecule is O=S(=O)(c1ccc(Cl)cc1)N(CCN1CCOCC1)Cc1cccc(OCc2ccccc2)c1. The normalized spacial score (nSPS) is 14.9. The molecule has 180 valence electrons. The maximum absolute atomic E-state index is 13.5. The van der Waals surface area contributed by atoms with Crippen molar-refractivity contribution in [1.82, 2.24) is 9.21 Å². The van der Waals surface area contributed by atoms with E-state index in [0.29, 0.717) is 43.7 Å². The van der Waals surface area contributed by atoms with Gasteiger partial charge in [0.2, 0.25) is 10.0 Å². The number of nitrogens with zero attached hydrogens (tertiary/aromatic N) is 2. The summed E-state index contributed by atoms with van der Waals surface area (Å²) in [6.45, 7) is 4.66. The van der Waals surface area contributed by atoms with E-state index in [0.717, 1.165) is 24.2 Å². The average Bonchev–Trinajstić information content (AvgIpc) is 2.87. The predicted octanol–water partition coefficient (Wildman–Crippen LogP) is 4.44. The summed E-state index contributed by atoms with van der Waals surface area (Å²) in [5.41, 5.74) is 1.94. The minimum atomic E-state index is -3.71. The third-order valence-corrected chi connectivity index (χ3v) is 7.84. The fourth-order valence-electron chi connectivity index (χ4n) is 3.80. The van der Waals surface area contributed by atoms with Crippen LogP contribution in [-0.2, 0) is 27.9 Å². The Morgan fingerprint density at radius 1 is 0.912 bits per heavy atom. The predicted molar refractivity (Wildman–Crippen MR) is 134 cm³/mol. The van der Waals surface area contributed by atoms with Gasteiger partial charge >= 0.3 is 0 Å². The number of sulfonamides is 1. The van der Waals surface area contributed by atoms with Gasteiger partial charge in [0.05, 0.1) is 18.1 Å². The number of benzene rings is 3. The van der Waals surface area contributed by atoms with Gasteiger partial charge in [-0.2, -0.15) is 4.31 Å². The molecular formula is C26H29ClN2O4S. The van der Waals surface area contributed by atoms with Crippen LogP contribution in [0.25, 0.3) is 0 Å². The molecule has 0 atom stereocenters. The van der Waals surface area contributed by atoms with Gasteiger partial charge in [-0.15, -0.1) is 0 Å². The molecule has 1 aliphatic heterocycles. The average molecular weight is 501 g/mol. The Morgan fingerprint density at radius 2 is 1.62 bits per heavy atom. The third-order valence-electron chi connectivity index (χ3n) is 5.73. The number of rotatable bonds is 10. The van der Waals surface area contributed by atoms with Gasteiger partial charge in [-0.25, -0.2) is 8.42 Å². The maximum atomic E-state index is 13.5. The van der Waals surface area contributed by atoms with Gasteiger partial charge in [-0.1, -0.05) is 54.1 Å². The van der Waals surface area contributed by atoms with Crippen LogP contribution in [0.3, 0.4) is 0 Å². The summed E-state index contributed by atoms with van der Waals surface area (Å²) in [6.07, 6.45) is 0. The van der Waals surface area contributed by atoms with Crippen LogP contribution in [0, 0.1) is 0 Å². The zero-order valence-electron chi connectivity index (χ0n) is 19.0. The van der Waals surface area contributed by atoms with E-state index in [1.165, 1.54) is 4.31 Å². The standard InChI is InChI=1S/C26H29ClN2O4S/c27-24-9-11-26(12-10-24)34(30,31)29(14-13-28-15-17-32-18-16-28)20-23-7-4-8-25(19-23)33-21-22-5-2-1-3-6-22/h1-12,19H,13-18,20-21H2. The Morgan fingerprint density at radius 3 is 2.35 bits per heavy atom. The van der Waals surface area contributed by atoms with Gasteiger partial charge in [0.1, 0.15) is 12.4 Å². The highest BCUT2D eigenvalue weighted by molar-refractivity contribution is 7.89. The zero-order chi connectivity index (χ0) is 23.8. The lowest BCUT2D eigenvalue weighted by Gasteiger charge is -2.30. The summed E-state index contributed by atoms with van der Waals surface area (Å²) in [5, 5.41) is 0.502. The highest BCUT2D eigenvalue weighted by atomic mass is 35.5. The largest absolute Gasteiger partial charge is 0.489 e. The van der Waals surface area contributed by atoms with E-state index < -0.39 is 10.0 Å². The fourth-order valence-corrected chi connectivity index (χ4v) is 5.34. The molecule has 0 radical (unpaired) electrons. The van der Waals surface area contributed by atoms with Crippen LogP contribution < -0.4 is 4.74 Å². The van der Waals surface area contributed by atoms with Crippen LogP contribution in [0.15, 0.2) is 83.8 Å². The van der Waals surface area contributed by atoms with Gasteiger partial charge < -0.3 is 9.47 Å². The maximum Gasteiger partial charge on any atom is 0.243 e. The van der Waals surface area contributed by atoms with Crippen molar-refractivity contribution < 1.29 is 17.9 Å². The number of halogens is 1. The number of morpholine rings is 1. The van der Waals surface area contributed by atoms with Gasteiger partial charge in [-0.05, 0) is 47.5 Å². The van der Waals surface area contributed by atoms with Gasteiger partial charge in [0, 0.05) is 37.7 Å². The molecule has 1 heterocycles. The summed E-state index contributed by atoms with van der Waals surface area (Å²) in [5.74, 6) is 0.707. The van der Waals surface area contributed by atoms with Crippen LogP contribution >= 0.6 is 11.6 Å². The lowest BCUT2D eigenvalue weighted by molar-refractivity contribution is 0.0361. The van der Waals surface area contributed by atoms with Crippen LogP contribution in [0.4, 0.5) is 0 Å². The molecule has 34 heavy (non-hydrogen) atoms. The minimum absolute atomic E-state index is 0.232. The molecule has 1 saturated heterocycles. The molecule has 0 bridgehead atoms. The fraction of sp³-hybridized carbons (Fsp3) is 0.308. The highest BCUT2D eigenvalue weighted by Crippen LogP contribution is 2.23. The first-order chi connectivity index (χ1) is 16.5. The first-order valence-corrected chi connectivity index (χ1v) is 13.1. The lowest BCUT2D eigenvalue weighted by Crippen LogP contribution is -2.42. The van der Waals surface area contributed by atoms with Crippen LogP contribution in [0.1, 0.15) is 11.1 Å². The lowest BCUT2D eigenvalue weighted by atomic mass is 10.2. The first-order valence-electron chi connectivity index (χ1n) is 11.3. The molecule has 0 N–H and O–H groups in total. The van der Waals surface area contributed by atoms with Crippen molar-refractivity contribution in [3.8, 4) is 5.75 Å². The second-order valence-electron chi connectivity index (χ2n) is 8.17. The van der Waals surface area contributed by atoms with E-state index in [-0.39, 0.29) is 11.4 Å². The van der Waals surface area contributed by atoms with E-state index in [2.05, 4.69) is 4.90 Å². The Balaban J connectivity index is 1.50. The van der Waals surface area contributed by atoms with E-state index in [1.54, 1.807) is 24.3 Å². The molecule has 4 rings (SSSR count). The molecule has 0 aliphatic carbocycles. The smallest absolute Gasteiger partial charge is 0.243 e. The van der Waals surface area contributed by atoms with Gasteiger partial charge in [0.25, 0.3) is 0 Å². The van der Waals surface area contributed by atoms with Crippen molar-refractivity contribution in [2.45, 2.75) is 18.0 Å². The summed E-state index contributed by atoms with van der Waals surface area (Å²) in [6, 6.07) is 23.9. The minimum Gasteiger partial charge on any atom is -0.489 e. The second kappa shape index (κ2) is 11.8. The molecule has 0 saturated carbocycles. The molecular weight excluding hydrogens is 472 g/mol. The Kier molecular flexibility index (Phi) is 8.59. The third kappa shape index (κ3) is 6.81. The van der Waals surface area contributed by atoms with Crippen molar-refractivity contribution in [2.75, 3.05) is 39.4 Å². The number of hydrogen-bond donors (Lipinski definition) is 0. The molecule has 6 nitrogen and oxygen atoms in total. The first kappa shape index (κ1) is 24.7. The van der Waals surface area contributed by atoms with Gasteiger partial charge in [0.15, 0.2) is 0 Å². The molecule has 0 unspecified atom stereocenters. The van der Waals surface area contributed by atoms with E-state index >= 15 is 0 Å². The Labute approximate surface area is 206 Å². The quantitative estimate of drug-likeness (QED) is 0.412. The summed E-state index contributed by atoms with van der Waals surface area (Å²) < 4.78 is 39.9. The Bertz CT molecular complexity index is 1150. The van der Waals surface area contributed by atoms with Crippen LogP contribution in [-0.4, -0.2) is 57.0 Å². The molecule has 0 aromatic heterocycles. The van der Waals surface area contributed by atoms with Gasteiger partial charge in [-0.3, -0.25) is 4.90 Å². The monoisotopic (exact) mass is 500 g/mol. The topological polar surface area (TPSA) is 59.1 Å². The summed E-state index contributed by atoms with van der Waals surface area (Å²) in [7, 11) is -3.71. The molecule has 0 amide bonds. The molecule has 1 aliphatic rings. The highest BCUT2D eigenvalue weighted by Gasteiger charge is 2.26. The molecule has 1 fully saturated rings. The number of hydrogen-bond acceptors (Lipinski definition) is 5. The van der Waals surface area contributed by atoms with E-state index in [9.17, 15) is 8.42 Å². The summed E-state index contributed by atoms with van der Waals surface area (Å²) in [4.78, 5) is 2.46. The number of ether oxygens (including phenoxy) is 2. The van der Waals surface area contributed by atoms with Crippen molar-refractivity contribution in [3.63, 3.8) is 0 Å². The van der Waals surface area contributed by atoms with E-state index in [4.69, 9.17) is 21.1 Å². The van der Waals surface area contributed by atoms with Crippen LogP contribution in [0.5, 0.6) is 5.75 Å². The molecule has 8 heteroatoms. The van der Waals surface area contributed by atoms with E-state index in [1.807, 2.05) is 54.6 Å². The zero-order valence-corrected chi connectivity index (χ0v) is 20.5. The molecule has 3 aromatic rings. The Hall–Kier alpha value is -2.42. The molecule has 3 aromatic carbocycles. The van der Waals surface area contributed by atoms with Crippen LogP contribution in [0.2, 0.25) is 5.02 Å². The van der Waals surface area contributed by atoms with Crippen molar-refractivity contribution in [1.29, 1.82) is 0 Å². The second-order valence-corrected chi connectivity index (χ2v) is 10.5.